The van der Waals surface area contributed by atoms with Crippen molar-refractivity contribution < 1.29 is 9.18 Å². The molecule has 4 rings (SSSR count). The fraction of sp³-hybridized carbons (Fsp3) is 0.250. The van der Waals surface area contributed by atoms with Crippen molar-refractivity contribution in [3.05, 3.63) is 71.0 Å². The van der Waals surface area contributed by atoms with Crippen molar-refractivity contribution >= 4 is 17.5 Å². The van der Waals surface area contributed by atoms with Crippen molar-refractivity contribution in [2.75, 3.05) is 6.54 Å². The number of halogens is 2. The lowest BCUT2D eigenvalue weighted by Crippen LogP contribution is -2.39. The van der Waals surface area contributed by atoms with Crippen LogP contribution in [0.5, 0.6) is 0 Å². The summed E-state index contributed by atoms with van der Waals surface area (Å²) < 4.78 is 13.5. The fourth-order valence-corrected chi connectivity index (χ4v) is 3.76. The van der Waals surface area contributed by atoms with E-state index in [-0.39, 0.29) is 17.0 Å². The Morgan fingerprint density at radius 2 is 2.04 bits per heavy atom. The number of amides is 1. The van der Waals surface area contributed by atoms with E-state index >= 15 is 0 Å². The minimum absolute atomic E-state index is 0.0478. The molecule has 3 heterocycles. The summed E-state index contributed by atoms with van der Waals surface area (Å²) in [6.45, 7) is 0.632. The highest BCUT2D eigenvalue weighted by Crippen LogP contribution is 2.36. The maximum atomic E-state index is 13.5. The van der Waals surface area contributed by atoms with Gasteiger partial charge in [-0.25, -0.2) is 4.39 Å². The lowest BCUT2D eigenvalue weighted by Gasteiger charge is -2.35. The standard InChI is InChI=1S/C20H18ClFN4O/c21-16-11-14(4-5-17(16)22)20(27)26-10-2-1-3-18(26)19-15(12-24-25-19)13-6-8-23-9-7-13/h4-9,11-12,18H,1-3,10H2,(H,24,25)/t18-/m1/s1. The van der Waals surface area contributed by atoms with Gasteiger partial charge in [-0.2, -0.15) is 5.10 Å². The SMILES string of the molecule is O=C(c1ccc(F)c(Cl)c1)N1CCCC[C@@H]1c1[nH]ncc1-c1ccncc1. The Labute approximate surface area is 161 Å². The molecule has 0 bridgehead atoms. The van der Waals surface area contributed by atoms with Gasteiger partial charge in [-0.05, 0) is 55.2 Å². The zero-order chi connectivity index (χ0) is 18.8. The van der Waals surface area contributed by atoms with Gasteiger partial charge in [-0.3, -0.25) is 14.9 Å². The lowest BCUT2D eigenvalue weighted by atomic mass is 9.94. The summed E-state index contributed by atoms with van der Waals surface area (Å²) in [5, 5.41) is 7.24. The van der Waals surface area contributed by atoms with E-state index in [1.165, 1.54) is 18.2 Å². The number of H-pyrrole nitrogens is 1. The maximum Gasteiger partial charge on any atom is 0.254 e. The Morgan fingerprint density at radius 1 is 1.22 bits per heavy atom. The first-order valence-corrected chi connectivity index (χ1v) is 9.22. The third-order valence-corrected chi connectivity index (χ3v) is 5.21. The quantitative estimate of drug-likeness (QED) is 0.716. The van der Waals surface area contributed by atoms with Crippen molar-refractivity contribution in [3.8, 4) is 11.1 Å². The predicted octanol–water partition coefficient (Wildman–Crippen LogP) is 4.63. The zero-order valence-electron chi connectivity index (χ0n) is 14.5. The number of nitrogens with zero attached hydrogens (tertiary/aromatic N) is 3. The molecule has 0 aliphatic carbocycles. The molecule has 138 valence electrons. The Hall–Kier alpha value is -2.73. The van der Waals surface area contributed by atoms with Crippen LogP contribution in [0.25, 0.3) is 11.1 Å². The Kier molecular flexibility index (Phi) is 4.90. The largest absolute Gasteiger partial charge is 0.330 e. The van der Waals surface area contributed by atoms with Crippen LogP contribution in [0.2, 0.25) is 5.02 Å². The molecule has 1 atom stereocenters. The second-order valence-corrected chi connectivity index (χ2v) is 6.98. The monoisotopic (exact) mass is 384 g/mol. The van der Waals surface area contributed by atoms with Gasteiger partial charge in [-0.15, -0.1) is 0 Å². The van der Waals surface area contributed by atoms with Gasteiger partial charge in [0, 0.05) is 30.1 Å². The number of hydrogen-bond acceptors (Lipinski definition) is 3. The molecule has 1 aliphatic rings. The van der Waals surface area contributed by atoms with Crippen LogP contribution in [-0.2, 0) is 0 Å². The zero-order valence-corrected chi connectivity index (χ0v) is 15.3. The summed E-state index contributed by atoms with van der Waals surface area (Å²) >= 11 is 5.87. The van der Waals surface area contributed by atoms with Crippen LogP contribution < -0.4 is 0 Å². The van der Waals surface area contributed by atoms with Gasteiger partial charge in [-0.1, -0.05) is 11.6 Å². The van der Waals surface area contributed by atoms with Crippen molar-refractivity contribution in [1.29, 1.82) is 0 Å². The third kappa shape index (κ3) is 3.45. The molecule has 0 spiro atoms. The molecular formula is C20H18ClFN4O. The molecule has 3 aromatic rings. The summed E-state index contributed by atoms with van der Waals surface area (Å²) in [4.78, 5) is 19.0. The second kappa shape index (κ2) is 7.48. The van der Waals surface area contributed by atoms with Crippen LogP contribution in [-0.4, -0.2) is 32.5 Å². The van der Waals surface area contributed by atoms with Crippen molar-refractivity contribution in [2.45, 2.75) is 25.3 Å². The van der Waals surface area contributed by atoms with Gasteiger partial charge in [0.1, 0.15) is 5.82 Å². The van der Waals surface area contributed by atoms with Crippen molar-refractivity contribution in [1.82, 2.24) is 20.1 Å². The summed E-state index contributed by atoms with van der Waals surface area (Å²) in [7, 11) is 0. The first-order valence-electron chi connectivity index (χ1n) is 8.85. The van der Waals surface area contributed by atoms with Crippen LogP contribution in [0.3, 0.4) is 0 Å². The second-order valence-electron chi connectivity index (χ2n) is 6.57. The summed E-state index contributed by atoms with van der Waals surface area (Å²) in [5.74, 6) is -0.686. The molecular weight excluding hydrogens is 367 g/mol. The molecule has 1 fully saturated rings. The van der Waals surface area contributed by atoms with Crippen LogP contribution in [0.4, 0.5) is 4.39 Å². The first-order chi connectivity index (χ1) is 13.1. The lowest BCUT2D eigenvalue weighted by molar-refractivity contribution is 0.0606. The van der Waals surface area contributed by atoms with Crippen molar-refractivity contribution in [2.24, 2.45) is 0 Å². The number of carbonyl (C=O) groups is 1. The van der Waals surface area contributed by atoms with Crippen LogP contribution in [0, 0.1) is 5.82 Å². The van der Waals surface area contributed by atoms with E-state index in [9.17, 15) is 9.18 Å². The number of aromatic nitrogens is 3. The predicted molar refractivity (Wildman–Crippen MR) is 101 cm³/mol. The number of aromatic amines is 1. The molecule has 1 amide bonds. The highest BCUT2D eigenvalue weighted by atomic mass is 35.5. The van der Waals surface area contributed by atoms with E-state index in [1.807, 2.05) is 17.0 Å². The van der Waals surface area contributed by atoms with Crippen LogP contribution >= 0.6 is 11.6 Å². The first kappa shape index (κ1) is 17.7. The molecule has 0 unspecified atom stereocenters. The maximum absolute atomic E-state index is 13.5. The molecule has 0 saturated carbocycles. The molecule has 1 N–H and O–H groups in total. The highest BCUT2D eigenvalue weighted by Gasteiger charge is 2.31. The number of likely N-dealkylation sites (tertiary alicyclic amines) is 1. The smallest absolute Gasteiger partial charge is 0.254 e. The molecule has 1 saturated heterocycles. The molecule has 27 heavy (non-hydrogen) atoms. The minimum Gasteiger partial charge on any atom is -0.330 e. The number of piperidine rings is 1. The number of benzene rings is 1. The normalized spacial score (nSPS) is 17.1. The topological polar surface area (TPSA) is 61.9 Å². The van der Waals surface area contributed by atoms with Crippen LogP contribution in [0.1, 0.15) is 41.4 Å². The van der Waals surface area contributed by atoms with Gasteiger partial charge in [0.15, 0.2) is 0 Å². The van der Waals surface area contributed by atoms with Crippen LogP contribution in [0.15, 0.2) is 48.9 Å². The Morgan fingerprint density at radius 3 is 2.81 bits per heavy atom. The molecule has 0 radical (unpaired) electrons. The summed E-state index contributed by atoms with van der Waals surface area (Å²) in [5.41, 5.74) is 3.25. The number of rotatable bonds is 3. The molecule has 1 aromatic carbocycles. The Balaban J connectivity index is 1.69. The number of carbonyl (C=O) groups excluding carboxylic acids is 1. The number of nitrogens with one attached hydrogen (secondary N) is 1. The molecule has 2 aromatic heterocycles. The van der Waals surface area contributed by atoms with Gasteiger partial charge < -0.3 is 4.90 Å². The van der Waals surface area contributed by atoms with Gasteiger partial charge in [0.05, 0.1) is 23.0 Å². The van der Waals surface area contributed by atoms with E-state index < -0.39 is 5.82 Å². The highest BCUT2D eigenvalue weighted by molar-refractivity contribution is 6.31. The summed E-state index contributed by atoms with van der Waals surface area (Å²) in [6.07, 6.45) is 8.02. The molecule has 1 aliphatic heterocycles. The number of pyridine rings is 1. The van der Waals surface area contributed by atoms with E-state index in [0.717, 1.165) is 36.1 Å². The number of hydrogen-bond donors (Lipinski definition) is 1. The van der Waals surface area contributed by atoms with E-state index in [4.69, 9.17) is 11.6 Å². The Bertz CT molecular complexity index is 960. The molecule has 5 nitrogen and oxygen atoms in total. The summed E-state index contributed by atoms with van der Waals surface area (Å²) in [6, 6.07) is 7.81. The van der Waals surface area contributed by atoms with E-state index in [2.05, 4.69) is 15.2 Å². The van der Waals surface area contributed by atoms with Crippen molar-refractivity contribution in [3.63, 3.8) is 0 Å². The molecule has 7 heteroatoms. The van der Waals surface area contributed by atoms with Gasteiger partial charge in [0.2, 0.25) is 0 Å². The van der Waals surface area contributed by atoms with Gasteiger partial charge in [0.25, 0.3) is 5.91 Å². The average Bonchev–Trinajstić information content (AvgIpc) is 3.20. The fourth-order valence-electron chi connectivity index (χ4n) is 3.58. The minimum atomic E-state index is -0.531. The van der Waals surface area contributed by atoms with Gasteiger partial charge >= 0.3 is 0 Å². The average molecular weight is 385 g/mol. The third-order valence-electron chi connectivity index (χ3n) is 4.92. The van der Waals surface area contributed by atoms with E-state index in [1.54, 1.807) is 18.6 Å². The van der Waals surface area contributed by atoms with E-state index in [0.29, 0.717) is 12.1 Å².